The molecule has 8 heteroatoms. The molecule has 1 rings (SSSR count). The fourth-order valence-electron chi connectivity index (χ4n) is 2.52. The number of rotatable bonds is 14. The maximum absolute atomic E-state index is 12.4. The maximum Gasteiger partial charge on any atom is 0.328 e. The number of aliphatic carboxylic acids is 2. The molecule has 0 heterocycles. The number of likely N-dealkylation sites (N-methyl/N-ethyl adjacent to an activating group) is 1. The van der Waals surface area contributed by atoms with Crippen molar-refractivity contribution in [3.8, 4) is 5.75 Å². The van der Waals surface area contributed by atoms with Gasteiger partial charge in [0.2, 0.25) is 0 Å². The van der Waals surface area contributed by atoms with Crippen LogP contribution < -0.4 is 4.74 Å². The molecule has 0 amide bonds. The Morgan fingerprint density at radius 3 is 2.26 bits per heavy atom. The van der Waals surface area contributed by atoms with Crippen LogP contribution >= 0.6 is 11.8 Å². The zero-order valence-electron chi connectivity index (χ0n) is 20.3. The highest BCUT2D eigenvalue weighted by Gasteiger charge is 2.11. The normalized spacial score (nSPS) is 10.6. The average molecular weight is 490 g/mol. The van der Waals surface area contributed by atoms with Gasteiger partial charge in [0.1, 0.15) is 12.4 Å². The first-order valence-electron chi connectivity index (χ1n) is 10.7. The summed E-state index contributed by atoms with van der Waals surface area (Å²) in [6.45, 7) is 10.1. The van der Waals surface area contributed by atoms with E-state index in [0.29, 0.717) is 25.2 Å². The van der Waals surface area contributed by atoms with Gasteiger partial charge in [-0.3, -0.25) is 9.69 Å². The first-order valence-corrected chi connectivity index (χ1v) is 11.9. The maximum atomic E-state index is 12.4. The summed E-state index contributed by atoms with van der Waals surface area (Å²) in [5.74, 6) is -1.54. The molecule has 1 aromatic rings. The molecule has 34 heavy (non-hydrogen) atoms. The van der Waals surface area contributed by atoms with Gasteiger partial charge in [0, 0.05) is 42.1 Å². The van der Waals surface area contributed by atoms with E-state index in [-0.39, 0.29) is 5.78 Å². The second-order valence-corrected chi connectivity index (χ2v) is 8.26. The van der Waals surface area contributed by atoms with Crippen LogP contribution in [0.1, 0.15) is 37.0 Å². The number of carboxylic acid groups (broad SMARTS) is 2. The minimum Gasteiger partial charge on any atom is -0.490 e. The Hall–Kier alpha value is -3.10. The minimum atomic E-state index is -1.26. The number of ether oxygens (including phenoxy) is 1. The van der Waals surface area contributed by atoms with Crippen LogP contribution in [0.25, 0.3) is 0 Å². The van der Waals surface area contributed by atoms with Crippen LogP contribution in [0.5, 0.6) is 5.75 Å². The molecule has 0 bridgehead atoms. The lowest BCUT2D eigenvalue weighted by atomic mass is 10.1. The highest BCUT2D eigenvalue weighted by molar-refractivity contribution is 7.98. The Bertz CT molecular complexity index is 885. The molecule has 0 radical (unpaired) electrons. The first kappa shape index (κ1) is 30.9. The second-order valence-electron chi connectivity index (χ2n) is 7.41. The molecule has 0 aliphatic carbocycles. The fraction of sp³-hybridized carbons (Fsp3) is 0.346. The molecular weight excluding hydrogens is 454 g/mol. The van der Waals surface area contributed by atoms with Gasteiger partial charge >= 0.3 is 11.9 Å². The van der Waals surface area contributed by atoms with E-state index in [1.807, 2.05) is 43.7 Å². The van der Waals surface area contributed by atoms with Gasteiger partial charge in [-0.25, -0.2) is 9.59 Å². The summed E-state index contributed by atoms with van der Waals surface area (Å²) in [5.41, 5.74) is 2.03. The van der Waals surface area contributed by atoms with Crippen LogP contribution in [0.2, 0.25) is 0 Å². The van der Waals surface area contributed by atoms with Crippen LogP contribution in [0, 0.1) is 0 Å². The summed E-state index contributed by atoms with van der Waals surface area (Å²) in [7, 11) is 2.05. The van der Waals surface area contributed by atoms with Crippen molar-refractivity contribution < 1.29 is 29.3 Å². The van der Waals surface area contributed by atoms with Crippen molar-refractivity contribution in [1.82, 2.24) is 4.90 Å². The Morgan fingerprint density at radius 2 is 1.74 bits per heavy atom. The quantitative estimate of drug-likeness (QED) is 0.161. The lowest BCUT2D eigenvalue weighted by Crippen LogP contribution is -2.17. The molecule has 1 aromatic carbocycles. The minimum absolute atomic E-state index is 0.184. The molecule has 0 fully saturated rings. The molecule has 0 saturated carbocycles. The van der Waals surface area contributed by atoms with Gasteiger partial charge in [0.15, 0.2) is 5.78 Å². The van der Waals surface area contributed by atoms with E-state index in [1.165, 1.54) is 5.57 Å². The number of hydrogen-bond donors (Lipinski definition) is 2. The number of benzene rings is 1. The number of ketones is 1. The third-order valence-electron chi connectivity index (χ3n) is 4.14. The summed E-state index contributed by atoms with van der Waals surface area (Å²) in [6, 6.07) is 5.72. The van der Waals surface area contributed by atoms with Crippen molar-refractivity contribution in [3.63, 3.8) is 0 Å². The van der Waals surface area contributed by atoms with E-state index in [9.17, 15) is 14.4 Å². The highest BCUT2D eigenvalue weighted by Crippen LogP contribution is 2.27. The number of thioether (sulfide) groups is 1. The standard InChI is InChI=1S/C22H31NO2S.C4H4O4/c1-6-14-23(4)15-7-8-16-25-19-12-13-20(22(17-19)26-5)21(24)11-9-10-18(2)3;5-3(6)1-2-4(7)8/h6-8,10,12-13,17H,1,9,11,14-16H2,2-5H3;1-2H,(H,5,6)(H,7,8). The number of Topliss-reactive ketones (excluding diaryl/α,β-unsaturated/α-hetero) is 1. The summed E-state index contributed by atoms with van der Waals surface area (Å²) in [6.07, 6.45) is 12.5. The molecule has 0 saturated heterocycles. The Labute approximate surface area is 206 Å². The molecule has 0 aromatic heterocycles. The van der Waals surface area contributed by atoms with Crippen molar-refractivity contribution in [2.45, 2.75) is 31.6 Å². The lowest BCUT2D eigenvalue weighted by molar-refractivity contribution is -0.134. The Morgan fingerprint density at radius 1 is 1.09 bits per heavy atom. The largest absolute Gasteiger partial charge is 0.490 e. The number of nitrogens with zero attached hydrogens (tertiary/aromatic N) is 1. The van der Waals surface area contributed by atoms with Crippen molar-refractivity contribution in [2.24, 2.45) is 0 Å². The summed E-state index contributed by atoms with van der Waals surface area (Å²) in [5, 5.41) is 15.6. The van der Waals surface area contributed by atoms with Gasteiger partial charge in [-0.1, -0.05) is 29.9 Å². The van der Waals surface area contributed by atoms with Crippen molar-refractivity contribution in [2.75, 3.05) is 33.0 Å². The molecule has 186 valence electrons. The van der Waals surface area contributed by atoms with Crippen molar-refractivity contribution in [3.05, 3.63) is 72.4 Å². The number of carbonyl (C=O) groups excluding carboxylic acids is 1. The average Bonchev–Trinajstić information content (AvgIpc) is 2.77. The second kappa shape index (κ2) is 18.3. The zero-order chi connectivity index (χ0) is 25.9. The monoisotopic (exact) mass is 489 g/mol. The van der Waals surface area contributed by atoms with Gasteiger partial charge in [0.05, 0.1) is 0 Å². The lowest BCUT2D eigenvalue weighted by Gasteiger charge is -2.11. The number of allylic oxidation sites excluding steroid dienone is 2. The van der Waals surface area contributed by atoms with E-state index in [2.05, 4.69) is 37.5 Å². The van der Waals surface area contributed by atoms with Crippen molar-refractivity contribution >= 4 is 29.5 Å². The Kier molecular flexibility index (Phi) is 16.7. The van der Waals surface area contributed by atoms with Crippen LogP contribution in [0.4, 0.5) is 0 Å². The first-order chi connectivity index (χ1) is 16.1. The third-order valence-corrected chi connectivity index (χ3v) is 4.91. The van der Waals surface area contributed by atoms with Crippen LogP contribution in [0.3, 0.4) is 0 Å². The van der Waals surface area contributed by atoms with Gasteiger partial charge in [0.25, 0.3) is 0 Å². The predicted octanol–water partition coefficient (Wildman–Crippen LogP) is 5.10. The summed E-state index contributed by atoms with van der Waals surface area (Å²) >= 11 is 1.58. The fourth-order valence-corrected chi connectivity index (χ4v) is 3.16. The Balaban J connectivity index is 0.00000116. The number of carbonyl (C=O) groups is 3. The van der Waals surface area contributed by atoms with Gasteiger partial charge in [-0.2, -0.15) is 0 Å². The van der Waals surface area contributed by atoms with Crippen LogP contribution in [-0.2, 0) is 9.59 Å². The highest BCUT2D eigenvalue weighted by atomic mass is 32.2. The van der Waals surface area contributed by atoms with E-state index in [0.717, 1.165) is 35.7 Å². The molecular formula is C26H35NO6S. The summed E-state index contributed by atoms with van der Waals surface area (Å²) in [4.78, 5) is 34.7. The molecule has 2 N–H and O–H groups in total. The smallest absolute Gasteiger partial charge is 0.328 e. The van der Waals surface area contributed by atoms with E-state index in [4.69, 9.17) is 14.9 Å². The molecule has 0 unspecified atom stereocenters. The predicted molar refractivity (Wildman–Crippen MR) is 138 cm³/mol. The van der Waals surface area contributed by atoms with Crippen LogP contribution in [0.15, 0.2) is 71.7 Å². The van der Waals surface area contributed by atoms with E-state index >= 15 is 0 Å². The zero-order valence-corrected chi connectivity index (χ0v) is 21.1. The molecule has 0 atom stereocenters. The van der Waals surface area contributed by atoms with Gasteiger partial charge < -0.3 is 14.9 Å². The van der Waals surface area contributed by atoms with Gasteiger partial charge in [-0.15, -0.1) is 18.3 Å². The molecule has 0 aliphatic heterocycles. The topological polar surface area (TPSA) is 104 Å². The third kappa shape index (κ3) is 15.7. The van der Waals surface area contributed by atoms with Crippen LogP contribution in [-0.4, -0.2) is 65.8 Å². The summed E-state index contributed by atoms with van der Waals surface area (Å²) < 4.78 is 5.78. The molecule has 0 aliphatic rings. The van der Waals surface area contributed by atoms with Gasteiger partial charge in [-0.05, 0) is 51.8 Å². The molecule has 0 spiro atoms. The van der Waals surface area contributed by atoms with Crippen molar-refractivity contribution in [1.29, 1.82) is 0 Å². The van der Waals surface area contributed by atoms with E-state index in [1.54, 1.807) is 11.8 Å². The molecule has 7 nitrogen and oxygen atoms in total. The SMILES string of the molecule is C=CCN(C)CC=CCOc1ccc(C(=O)CCC=C(C)C)c(SC)c1.O=C(O)C=CC(=O)O. The number of carboxylic acids is 2. The number of hydrogen-bond acceptors (Lipinski definition) is 6. The van der Waals surface area contributed by atoms with E-state index < -0.39 is 11.9 Å².